The lowest BCUT2D eigenvalue weighted by Gasteiger charge is -2.16. The summed E-state index contributed by atoms with van der Waals surface area (Å²) in [5.74, 6) is 0. The van der Waals surface area contributed by atoms with Gasteiger partial charge in [-0.1, -0.05) is 0 Å². The first-order chi connectivity index (χ1) is 10.3. The van der Waals surface area contributed by atoms with Crippen LogP contribution < -0.4 is 0 Å². The van der Waals surface area contributed by atoms with E-state index in [1.54, 1.807) is 23.1 Å². The van der Waals surface area contributed by atoms with Crippen LogP contribution in [-0.4, -0.2) is 66.8 Å². The molecule has 21 heavy (non-hydrogen) atoms. The van der Waals surface area contributed by atoms with Crippen LogP contribution in [0.15, 0.2) is 28.8 Å². The van der Waals surface area contributed by atoms with Gasteiger partial charge in [0.25, 0.3) is 0 Å². The molecular weight excluding hydrogens is 296 g/mol. The van der Waals surface area contributed by atoms with Crippen molar-refractivity contribution in [2.45, 2.75) is 34.7 Å². The van der Waals surface area contributed by atoms with Crippen molar-refractivity contribution in [1.82, 2.24) is 30.2 Å². The number of fused-ring (bicyclic) bond motifs is 1. The third-order valence-corrected chi connectivity index (χ3v) is 4.35. The molecule has 0 aromatic carbocycles. The fourth-order valence-corrected chi connectivity index (χ4v) is 3.28. The van der Waals surface area contributed by atoms with Gasteiger partial charge in [-0.2, -0.15) is 0 Å². The fourth-order valence-electron chi connectivity index (χ4n) is 2.55. The highest BCUT2D eigenvalue weighted by molar-refractivity contribution is 7.99. The summed E-state index contributed by atoms with van der Waals surface area (Å²) in [4.78, 5) is 8.28. The molecule has 2 aliphatic rings. The minimum Gasteiger partial charge on any atom is -0.388 e. The maximum atomic E-state index is 9.78. The monoisotopic (exact) mass is 308 g/mol. The van der Waals surface area contributed by atoms with E-state index in [2.05, 4.69) is 25.5 Å². The van der Waals surface area contributed by atoms with Gasteiger partial charge in [-0.25, -0.2) is 14.6 Å². The van der Waals surface area contributed by atoms with Crippen LogP contribution in [0.5, 0.6) is 0 Å². The van der Waals surface area contributed by atoms with Crippen LogP contribution in [0.3, 0.4) is 0 Å². The lowest BCUT2D eigenvalue weighted by molar-refractivity contribution is 0.0167. The summed E-state index contributed by atoms with van der Waals surface area (Å²) in [5.41, 5.74) is 0. The molecule has 0 amide bonds. The topological polar surface area (TPSA) is 108 Å². The molecule has 4 unspecified atom stereocenters. The number of nitrogens with zero attached hydrogens (tertiary/aromatic N) is 6. The average Bonchev–Trinajstić information content (AvgIpc) is 3.19. The molecule has 9 nitrogen and oxygen atoms in total. The second-order valence-corrected chi connectivity index (χ2v) is 5.70. The van der Waals surface area contributed by atoms with Gasteiger partial charge in [0.15, 0.2) is 5.16 Å². The maximum absolute atomic E-state index is 9.78. The Morgan fingerprint density at radius 2 is 2.00 bits per heavy atom. The standard InChI is InChI=1S/C11H12N6O3S/c18-7-5-20-8-6(4-19-9(7)8)17-11(14-15-16-17)21-10-12-2-1-3-13-10/h1-3,6-9,18H,4-5H2. The summed E-state index contributed by atoms with van der Waals surface area (Å²) in [6, 6.07) is 1.59. The molecule has 2 saturated heterocycles. The second-order valence-electron chi connectivity index (χ2n) is 4.77. The smallest absolute Gasteiger partial charge is 0.217 e. The van der Waals surface area contributed by atoms with Gasteiger partial charge in [0.05, 0.1) is 13.2 Å². The molecule has 4 rings (SSSR count). The average molecular weight is 308 g/mol. The van der Waals surface area contributed by atoms with E-state index in [1.165, 1.54) is 11.8 Å². The van der Waals surface area contributed by atoms with Crippen molar-refractivity contribution in [2.24, 2.45) is 0 Å². The predicted octanol–water partition coefficient (Wildman–Crippen LogP) is -0.686. The first-order valence-corrected chi connectivity index (χ1v) is 7.28. The van der Waals surface area contributed by atoms with Gasteiger partial charge < -0.3 is 14.6 Å². The highest BCUT2D eigenvalue weighted by Gasteiger charge is 2.49. The van der Waals surface area contributed by atoms with Gasteiger partial charge in [0, 0.05) is 12.4 Å². The summed E-state index contributed by atoms with van der Waals surface area (Å²) in [7, 11) is 0. The Hall–Kier alpha value is -1.62. The first kappa shape index (κ1) is 13.1. The van der Waals surface area contributed by atoms with Gasteiger partial charge in [0.1, 0.15) is 24.4 Å². The quantitative estimate of drug-likeness (QED) is 0.737. The molecule has 2 aromatic heterocycles. The molecule has 0 aliphatic carbocycles. The van der Waals surface area contributed by atoms with Gasteiger partial charge in [0.2, 0.25) is 5.16 Å². The van der Waals surface area contributed by atoms with Crippen LogP contribution in [0, 0.1) is 0 Å². The van der Waals surface area contributed by atoms with Crippen molar-refractivity contribution >= 4 is 11.8 Å². The molecule has 10 heteroatoms. The van der Waals surface area contributed by atoms with Crippen molar-refractivity contribution in [1.29, 1.82) is 0 Å². The van der Waals surface area contributed by atoms with Crippen molar-refractivity contribution in [3.8, 4) is 0 Å². The number of hydrogen-bond acceptors (Lipinski definition) is 9. The van der Waals surface area contributed by atoms with Gasteiger partial charge >= 0.3 is 0 Å². The van der Waals surface area contributed by atoms with Crippen LogP contribution in [0.1, 0.15) is 6.04 Å². The Kier molecular flexibility index (Phi) is 3.30. The number of rotatable bonds is 3. The Balaban J connectivity index is 1.58. The third kappa shape index (κ3) is 2.29. The van der Waals surface area contributed by atoms with Crippen LogP contribution >= 0.6 is 11.8 Å². The number of aromatic nitrogens is 6. The fraction of sp³-hybridized carbons (Fsp3) is 0.545. The number of tetrazole rings is 1. The lowest BCUT2D eigenvalue weighted by atomic mass is 10.1. The van der Waals surface area contributed by atoms with Crippen LogP contribution in [0.2, 0.25) is 0 Å². The summed E-state index contributed by atoms with van der Waals surface area (Å²) in [6.07, 6.45) is 2.18. The van der Waals surface area contributed by atoms with Gasteiger partial charge in [-0.05, 0) is 28.3 Å². The maximum Gasteiger partial charge on any atom is 0.217 e. The van der Waals surface area contributed by atoms with E-state index in [1.807, 2.05) is 0 Å². The Labute approximate surface area is 123 Å². The minimum absolute atomic E-state index is 0.159. The van der Waals surface area contributed by atoms with E-state index in [-0.39, 0.29) is 24.9 Å². The van der Waals surface area contributed by atoms with E-state index in [9.17, 15) is 5.11 Å². The first-order valence-electron chi connectivity index (χ1n) is 6.47. The van der Waals surface area contributed by atoms with Crippen LogP contribution in [-0.2, 0) is 9.47 Å². The second kappa shape index (κ2) is 5.30. The highest BCUT2D eigenvalue weighted by atomic mass is 32.2. The molecule has 110 valence electrons. The zero-order chi connectivity index (χ0) is 14.2. The molecule has 2 aliphatic heterocycles. The lowest BCUT2D eigenvalue weighted by Crippen LogP contribution is -2.30. The van der Waals surface area contributed by atoms with E-state index < -0.39 is 6.10 Å². The molecule has 2 aromatic rings. The van der Waals surface area contributed by atoms with Crippen molar-refractivity contribution < 1.29 is 14.6 Å². The molecule has 2 fully saturated rings. The van der Waals surface area contributed by atoms with Crippen molar-refractivity contribution in [3.63, 3.8) is 0 Å². The van der Waals surface area contributed by atoms with Gasteiger partial charge in [-0.3, -0.25) is 0 Å². The number of aliphatic hydroxyl groups is 1. The van der Waals surface area contributed by atoms with Crippen LogP contribution in [0.25, 0.3) is 0 Å². The third-order valence-electron chi connectivity index (χ3n) is 3.50. The number of ether oxygens (including phenoxy) is 2. The highest BCUT2D eigenvalue weighted by Crippen LogP contribution is 2.35. The Morgan fingerprint density at radius 1 is 1.19 bits per heavy atom. The normalized spacial score (nSPS) is 31.5. The molecule has 4 atom stereocenters. The molecular formula is C11H12N6O3S. The molecule has 0 bridgehead atoms. The minimum atomic E-state index is -0.593. The van der Waals surface area contributed by atoms with E-state index in [0.717, 1.165) is 0 Å². The van der Waals surface area contributed by atoms with Crippen molar-refractivity contribution in [2.75, 3.05) is 13.2 Å². The Morgan fingerprint density at radius 3 is 2.86 bits per heavy atom. The zero-order valence-corrected chi connectivity index (χ0v) is 11.6. The number of hydrogen-bond donors (Lipinski definition) is 1. The molecule has 0 spiro atoms. The predicted molar refractivity (Wildman–Crippen MR) is 68.5 cm³/mol. The number of aliphatic hydroxyl groups excluding tert-OH is 1. The summed E-state index contributed by atoms with van der Waals surface area (Å²) in [6.45, 7) is 0.679. The largest absolute Gasteiger partial charge is 0.388 e. The van der Waals surface area contributed by atoms with Gasteiger partial charge in [-0.15, -0.1) is 5.10 Å². The Bertz CT molecular complexity index is 625. The summed E-state index contributed by atoms with van der Waals surface area (Å²) < 4.78 is 12.9. The summed E-state index contributed by atoms with van der Waals surface area (Å²) >= 11 is 1.27. The molecule has 1 N–H and O–H groups in total. The molecule has 4 heterocycles. The SMILES string of the molecule is OC1COC2C1OCC2n1nnnc1Sc1ncccn1. The zero-order valence-electron chi connectivity index (χ0n) is 10.8. The molecule has 0 radical (unpaired) electrons. The molecule has 0 saturated carbocycles. The summed E-state index contributed by atoms with van der Waals surface area (Å²) in [5, 5.41) is 22.6. The van der Waals surface area contributed by atoms with Crippen molar-refractivity contribution in [3.05, 3.63) is 18.5 Å². The van der Waals surface area contributed by atoms with E-state index in [0.29, 0.717) is 16.9 Å². The van der Waals surface area contributed by atoms with Crippen LogP contribution in [0.4, 0.5) is 0 Å². The van der Waals surface area contributed by atoms with E-state index >= 15 is 0 Å². The van der Waals surface area contributed by atoms with E-state index in [4.69, 9.17) is 9.47 Å².